The highest BCUT2D eigenvalue weighted by Crippen LogP contribution is 2.51. The minimum Gasteiger partial charge on any atom is -0.392 e. The summed E-state index contributed by atoms with van der Waals surface area (Å²) in [7, 11) is 0. The Kier molecular flexibility index (Phi) is 4.65. The summed E-state index contributed by atoms with van der Waals surface area (Å²) >= 11 is 9.51. The molecule has 2 fully saturated rings. The van der Waals surface area contributed by atoms with Gasteiger partial charge in [0.25, 0.3) is 5.56 Å². The highest BCUT2D eigenvalue weighted by molar-refractivity contribution is 9.10. The lowest BCUT2D eigenvalue weighted by atomic mass is 9.89. The molecule has 2 atom stereocenters. The number of halogens is 2. The molecule has 5 nitrogen and oxygen atoms in total. The summed E-state index contributed by atoms with van der Waals surface area (Å²) in [5.41, 5.74) is 0.684. The number of hydrogen-bond donors (Lipinski definition) is 2. The van der Waals surface area contributed by atoms with Crippen molar-refractivity contribution in [1.29, 1.82) is 0 Å². The van der Waals surface area contributed by atoms with Gasteiger partial charge >= 0.3 is 0 Å². The zero-order valence-corrected chi connectivity index (χ0v) is 16.2. The minimum atomic E-state index is -0.283. The number of fused-ring (bicyclic) bond motifs is 1. The number of hydrogen-bond acceptors (Lipinski definition) is 4. The van der Waals surface area contributed by atoms with E-state index in [-0.39, 0.29) is 23.1 Å². The largest absolute Gasteiger partial charge is 0.392 e. The van der Waals surface area contributed by atoms with E-state index in [0.717, 1.165) is 43.1 Å². The van der Waals surface area contributed by atoms with Crippen LogP contribution in [0.5, 0.6) is 0 Å². The van der Waals surface area contributed by atoms with Gasteiger partial charge in [-0.3, -0.25) is 9.36 Å². The zero-order chi connectivity index (χ0) is 17.6. The van der Waals surface area contributed by atoms with Gasteiger partial charge in [-0.2, -0.15) is 0 Å². The second-order valence-electron chi connectivity index (χ2n) is 7.44. The predicted octanol–water partition coefficient (Wildman–Crippen LogP) is 3.10. The molecule has 7 heteroatoms. The fourth-order valence-corrected chi connectivity index (χ4v) is 4.34. The molecule has 0 spiro atoms. The summed E-state index contributed by atoms with van der Waals surface area (Å²) in [5.74, 6) is 0. The van der Waals surface area contributed by atoms with Crippen LogP contribution in [0, 0.1) is 5.41 Å². The highest BCUT2D eigenvalue weighted by Gasteiger charge is 2.46. The van der Waals surface area contributed by atoms with E-state index >= 15 is 0 Å². The standard InChI is InChI=1S/C18H21BrClN3O2/c19-12-7-14-11(6-13(12)20)17(25)23(10-22-14)9-18(3-4-18)8-15-16(24)2-1-5-21-15/h6-7,10,15-16,21,24H,1-5,8-9H2. The predicted molar refractivity (Wildman–Crippen MR) is 102 cm³/mol. The first-order valence-corrected chi connectivity index (χ1v) is 9.90. The quantitative estimate of drug-likeness (QED) is 0.788. The summed E-state index contributed by atoms with van der Waals surface area (Å²) in [6, 6.07) is 3.59. The third kappa shape index (κ3) is 3.50. The minimum absolute atomic E-state index is 0.0529. The molecule has 2 aliphatic rings. The molecule has 1 saturated heterocycles. The van der Waals surface area contributed by atoms with Crippen LogP contribution in [0.1, 0.15) is 32.1 Å². The fourth-order valence-electron chi connectivity index (χ4n) is 3.84. The van der Waals surface area contributed by atoms with E-state index in [1.165, 1.54) is 0 Å². The van der Waals surface area contributed by atoms with Crippen LogP contribution in [-0.2, 0) is 6.54 Å². The molecule has 25 heavy (non-hydrogen) atoms. The smallest absolute Gasteiger partial charge is 0.261 e. The molecule has 2 aromatic rings. The van der Waals surface area contributed by atoms with E-state index in [1.54, 1.807) is 23.0 Å². The van der Waals surface area contributed by atoms with Gasteiger partial charge in [0.2, 0.25) is 0 Å². The number of piperidine rings is 1. The molecule has 1 saturated carbocycles. The maximum atomic E-state index is 12.8. The maximum Gasteiger partial charge on any atom is 0.261 e. The molecule has 0 radical (unpaired) electrons. The molecule has 2 N–H and O–H groups in total. The van der Waals surface area contributed by atoms with Crippen LogP contribution < -0.4 is 10.9 Å². The van der Waals surface area contributed by atoms with Crippen LogP contribution in [0.3, 0.4) is 0 Å². The molecule has 1 aliphatic carbocycles. The SMILES string of the molecule is O=c1c2cc(Cl)c(Br)cc2ncn1CC1(CC2NCCCC2O)CC1. The van der Waals surface area contributed by atoms with Crippen LogP contribution in [0.4, 0.5) is 0 Å². The van der Waals surface area contributed by atoms with Gasteiger partial charge in [0.1, 0.15) is 0 Å². The normalized spacial score (nSPS) is 25.2. The molecule has 0 bridgehead atoms. The second kappa shape index (κ2) is 6.65. The lowest BCUT2D eigenvalue weighted by Gasteiger charge is -2.32. The lowest BCUT2D eigenvalue weighted by molar-refractivity contribution is 0.0793. The van der Waals surface area contributed by atoms with Crippen molar-refractivity contribution in [2.75, 3.05) is 6.54 Å². The molecular formula is C18H21BrClN3O2. The summed E-state index contributed by atoms with van der Waals surface area (Å²) in [4.78, 5) is 17.3. The maximum absolute atomic E-state index is 12.8. The van der Waals surface area contributed by atoms with Crippen LogP contribution in [0.2, 0.25) is 5.02 Å². The molecule has 1 aromatic carbocycles. The summed E-state index contributed by atoms with van der Waals surface area (Å²) in [6.45, 7) is 1.61. The van der Waals surface area contributed by atoms with Gasteiger partial charge in [-0.1, -0.05) is 11.6 Å². The van der Waals surface area contributed by atoms with Crippen molar-refractivity contribution in [3.05, 3.63) is 38.3 Å². The molecule has 1 aliphatic heterocycles. The van der Waals surface area contributed by atoms with Gasteiger partial charge < -0.3 is 10.4 Å². The molecule has 1 aromatic heterocycles. The van der Waals surface area contributed by atoms with E-state index < -0.39 is 0 Å². The molecule has 4 rings (SSSR count). The Bertz CT molecular complexity index is 865. The Hall–Kier alpha value is -0.950. The number of aliphatic hydroxyl groups is 1. The fraction of sp³-hybridized carbons (Fsp3) is 0.556. The summed E-state index contributed by atoms with van der Waals surface area (Å²) < 4.78 is 2.44. The van der Waals surface area contributed by atoms with Crippen LogP contribution in [0.15, 0.2) is 27.7 Å². The molecule has 2 heterocycles. The Morgan fingerprint density at radius 3 is 2.96 bits per heavy atom. The van der Waals surface area contributed by atoms with Crippen molar-refractivity contribution in [3.8, 4) is 0 Å². The van der Waals surface area contributed by atoms with Gasteiger partial charge in [0.05, 0.1) is 28.4 Å². The topological polar surface area (TPSA) is 67.2 Å². The highest BCUT2D eigenvalue weighted by atomic mass is 79.9. The van der Waals surface area contributed by atoms with Crippen molar-refractivity contribution in [3.63, 3.8) is 0 Å². The third-order valence-corrected chi connectivity index (χ3v) is 6.73. The second-order valence-corrected chi connectivity index (χ2v) is 8.70. The van der Waals surface area contributed by atoms with Crippen LogP contribution in [0.25, 0.3) is 10.9 Å². The van der Waals surface area contributed by atoms with E-state index in [9.17, 15) is 9.90 Å². The number of nitrogens with one attached hydrogen (secondary N) is 1. The Labute approximate surface area is 159 Å². The number of nitrogens with zero attached hydrogens (tertiary/aromatic N) is 2. The Morgan fingerprint density at radius 2 is 2.24 bits per heavy atom. The van der Waals surface area contributed by atoms with Gasteiger partial charge in [0, 0.05) is 17.1 Å². The Morgan fingerprint density at radius 1 is 1.44 bits per heavy atom. The van der Waals surface area contributed by atoms with E-state index in [1.807, 2.05) is 0 Å². The number of aliphatic hydroxyl groups excluding tert-OH is 1. The molecule has 134 valence electrons. The van der Waals surface area contributed by atoms with Crippen molar-refractivity contribution >= 4 is 38.4 Å². The van der Waals surface area contributed by atoms with E-state index in [0.29, 0.717) is 22.5 Å². The van der Waals surface area contributed by atoms with Crippen LogP contribution in [-0.4, -0.2) is 33.3 Å². The van der Waals surface area contributed by atoms with Gasteiger partial charge in [0.15, 0.2) is 0 Å². The monoisotopic (exact) mass is 425 g/mol. The molecule has 2 unspecified atom stereocenters. The third-order valence-electron chi connectivity index (χ3n) is 5.53. The van der Waals surface area contributed by atoms with Crippen molar-refractivity contribution < 1.29 is 5.11 Å². The number of aromatic nitrogens is 2. The zero-order valence-electron chi connectivity index (χ0n) is 13.8. The first-order chi connectivity index (χ1) is 12.0. The number of benzene rings is 1. The van der Waals surface area contributed by atoms with Gasteiger partial charge in [-0.25, -0.2) is 4.98 Å². The average Bonchev–Trinajstić information content (AvgIpc) is 3.34. The first-order valence-electron chi connectivity index (χ1n) is 8.73. The molecule has 0 amide bonds. The van der Waals surface area contributed by atoms with Gasteiger partial charge in [-0.05, 0) is 72.1 Å². The van der Waals surface area contributed by atoms with E-state index in [2.05, 4.69) is 26.2 Å². The molecular weight excluding hydrogens is 406 g/mol. The van der Waals surface area contributed by atoms with E-state index in [4.69, 9.17) is 11.6 Å². The van der Waals surface area contributed by atoms with Gasteiger partial charge in [-0.15, -0.1) is 0 Å². The lowest BCUT2D eigenvalue weighted by Crippen LogP contribution is -2.46. The average molecular weight is 427 g/mol. The number of rotatable bonds is 4. The first kappa shape index (κ1) is 17.5. The van der Waals surface area contributed by atoms with Crippen LogP contribution >= 0.6 is 27.5 Å². The summed E-state index contributed by atoms with van der Waals surface area (Å²) in [6.07, 6.45) is 6.31. The van der Waals surface area contributed by atoms with Crippen molar-refractivity contribution in [2.45, 2.75) is 50.8 Å². The van der Waals surface area contributed by atoms with Crippen molar-refractivity contribution in [1.82, 2.24) is 14.9 Å². The van der Waals surface area contributed by atoms with Crippen molar-refractivity contribution in [2.24, 2.45) is 5.41 Å². The Balaban J connectivity index is 1.59. The summed E-state index contributed by atoms with van der Waals surface area (Å²) in [5, 5.41) is 14.7.